The number of carbonyl (C=O) groups is 1. The molecule has 2 N–H and O–H groups in total. The molecule has 0 aromatic carbocycles. The van der Waals surface area contributed by atoms with Gasteiger partial charge >= 0.3 is 12.1 Å². The van der Waals surface area contributed by atoms with E-state index < -0.39 is 24.1 Å². The first-order chi connectivity index (χ1) is 8.84. The Labute approximate surface area is 111 Å². The normalized spacial score (nSPS) is 20.4. The minimum absolute atomic E-state index is 0.0591. The molecule has 0 saturated carbocycles. The zero-order chi connectivity index (χ0) is 14.5. The fourth-order valence-electron chi connectivity index (χ4n) is 2.25. The zero-order valence-electron chi connectivity index (χ0n) is 11.0. The molecular weight excluding hydrogens is 261 g/mol. The molecule has 1 fully saturated rings. The van der Waals surface area contributed by atoms with Crippen molar-refractivity contribution in [2.45, 2.75) is 38.4 Å². The summed E-state index contributed by atoms with van der Waals surface area (Å²) in [6, 6.07) is -0.706. The molecule has 1 unspecified atom stereocenters. The van der Waals surface area contributed by atoms with Gasteiger partial charge in [0.2, 0.25) is 0 Å². The van der Waals surface area contributed by atoms with Crippen LogP contribution in [0.1, 0.15) is 26.2 Å². The van der Waals surface area contributed by atoms with Gasteiger partial charge in [0.15, 0.2) is 0 Å². The molecule has 1 heterocycles. The maximum atomic E-state index is 12.5. The van der Waals surface area contributed by atoms with Gasteiger partial charge in [0.25, 0.3) is 0 Å². The SMILES string of the molecule is CCCNC(CN1CCC(C(F)(F)F)CC1)C(=O)O. The standard InChI is InChI=1S/C12H21F3N2O2/c1-2-5-16-10(11(18)19)8-17-6-3-9(4-7-17)12(13,14)15/h9-10,16H,2-8H2,1H3,(H,18,19). The number of nitrogens with zero attached hydrogens (tertiary/aromatic N) is 1. The number of aliphatic carboxylic acids is 1. The van der Waals surface area contributed by atoms with Crippen LogP contribution in [0.2, 0.25) is 0 Å². The number of halogens is 3. The van der Waals surface area contributed by atoms with Crippen molar-refractivity contribution >= 4 is 5.97 Å². The van der Waals surface area contributed by atoms with Crippen LogP contribution in [0.4, 0.5) is 13.2 Å². The lowest BCUT2D eigenvalue weighted by atomic mass is 9.96. The quantitative estimate of drug-likeness (QED) is 0.779. The number of piperidine rings is 1. The maximum absolute atomic E-state index is 12.5. The summed E-state index contributed by atoms with van der Waals surface area (Å²) in [5.74, 6) is -2.19. The van der Waals surface area contributed by atoms with E-state index in [1.807, 2.05) is 6.92 Å². The van der Waals surface area contributed by atoms with Crippen LogP contribution in [-0.2, 0) is 4.79 Å². The Morgan fingerprint density at radius 3 is 2.42 bits per heavy atom. The van der Waals surface area contributed by atoms with Crippen molar-refractivity contribution in [1.29, 1.82) is 0 Å². The van der Waals surface area contributed by atoms with Crippen LogP contribution in [0.5, 0.6) is 0 Å². The van der Waals surface area contributed by atoms with Crippen molar-refractivity contribution in [2.75, 3.05) is 26.2 Å². The molecule has 1 rings (SSSR count). The fourth-order valence-corrected chi connectivity index (χ4v) is 2.25. The zero-order valence-corrected chi connectivity index (χ0v) is 11.0. The van der Waals surface area contributed by atoms with Crippen LogP contribution in [0.25, 0.3) is 0 Å². The van der Waals surface area contributed by atoms with Crippen LogP contribution in [0.3, 0.4) is 0 Å². The largest absolute Gasteiger partial charge is 0.480 e. The summed E-state index contributed by atoms with van der Waals surface area (Å²) in [7, 11) is 0. The molecule has 0 aliphatic carbocycles. The lowest BCUT2D eigenvalue weighted by molar-refractivity contribution is -0.185. The molecule has 1 saturated heterocycles. The molecule has 112 valence electrons. The summed E-state index contributed by atoms with van der Waals surface area (Å²) in [5.41, 5.74) is 0. The lowest BCUT2D eigenvalue weighted by Gasteiger charge is -2.34. The van der Waals surface area contributed by atoms with Crippen molar-refractivity contribution < 1.29 is 23.1 Å². The first-order valence-corrected chi connectivity index (χ1v) is 6.59. The van der Waals surface area contributed by atoms with Gasteiger partial charge in [-0.15, -0.1) is 0 Å². The molecule has 4 nitrogen and oxygen atoms in total. The molecule has 0 spiro atoms. The third-order valence-corrected chi connectivity index (χ3v) is 3.43. The fraction of sp³-hybridized carbons (Fsp3) is 0.917. The van der Waals surface area contributed by atoms with Gasteiger partial charge in [-0.1, -0.05) is 6.92 Å². The third kappa shape index (κ3) is 5.36. The highest BCUT2D eigenvalue weighted by Crippen LogP contribution is 2.33. The third-order valence-electron chi connectivity index (χ3n) is 3.43. The number of carboxylic acids is 1. The van der Waals surface area contributed by atoms with Gasteiger partial charge < -0.3 is 15.3 Å². The second kappa shape index (κ2) is 7.09. The van der Waals surface area contributed by atoms with E-state index in [1.54, 1.807) is 4.90 Å². The number of hydrogen-bond donors (Lipinski definition) is 2. The molecule has 1 aliphatic rings. The molecule has 0 radical (unpaired) electrons. The number of nitrogens with one attached hydrogen (secondary N) is 1. The second-order valence-electron chi connectivity index (χ2n) is 4.96. The van der Waals surface area contributed by atoms with Crippen molar-refractivity contribution in [2.24, 2.45) is 5.92 Å². The number of carboxylic acid groups (broad SMARTS) is 1. The molecule has 0 amide bonds. The minimum Gasteiger partial charge on any atom is -0.480 e. The van der Waals surface area contributed by atoms with Gasteiger partial charge in [0.05, 0.1) is 5.92 Å². The van der Waals surface area contributed by atoms with E-state index >= 15 is 0 Å². The highest BCUT2D eigenvalue weighted by molar-refractivity contribution is 5.73. The maximum Gasteiger partial charge on any atom is 0.391 e. The van der Waals surface area contributed by atoms with E-state index in [0.717, 1.165) is 6.42 Å². The highest BCUT2D eigenvalue weighted by atomic mass is 19.4. The van der Waals surface area contributed by atoms with Crippen LogP contribution in [-0.4, -0.2) is 54.4 Å². The van der Waals surface area contributed by atoms with Gasteiger partial charge in [-0.25, -0.2) is 0 Å². The van der Waals surface area contributed by atoms with Crippen LogP contribution >= 0.6 is 0 Å². The topological polar surface area (TPSA) is 52.6 Å². The molecule has 0 bridgehead atoms. The van der Waals surface area contributed by atoms with E-state index in [9.17, 15) is 18.0 Å². The van der Waals surface area contributed by atoms with Gasteiger partial charge in [-0.2, -0.15) is 13.2 Å². The number of hydrogen-bond acceptors (Lipinski definition) is 3. The van der Waals surface area contributed by atoms with Gasteiger partial charge in [0, 0.05) is 6.54 Å². The molecule has 1 aliphatic heterocycles. The first-order valence-electron chi connectivity index (χ1n) is 6.59. The molecule has 1 atom stereocenters. The summed E-state index contributed by atoms with van der Waals surface area (Å²) >= 11 is 0. The highest BCUT2D eigenvalue weighted by Gasteiger charge is 2.41. The number of rotatable bonds is 6. The summed E-state index contributed by atoms with van der Waals surface area (Å²) in [6.45, 7) is 3.40. The van der Waals surface area contributed by atoms with Crippen molar-refractivity contribution in [1.82, 2.24) is 10.2 Å². The summed E-state index contributed by atoms with van der Waals surface area (Å²) < 4.78 is 37.5. The Morgan fingerprint density at radius 1 is 1.42 bits per heavy atom. The Hall–Kier alpha value is -0.820. The predicted octanol–water partition coefficient (Wildman–Crippen LogP) is 1.71. The Morgan fingerprint density at radius 2 is 2.00 bits per heavy atom. The van der Waals surface area contributed by atoms with E-state index in [4.69, 9.17) is 5.11 Å². The lowest BCUT2D eigenvalue weighted by Crippen LogP contribution is -2.49. The number of alkyl halides is 3. The second-order valence-corrected chi connectivity index (χ2v) is 4.96. The van der Waals surface area contributed by atoms with Crippen LogP contribution in [0, 0.1) is 5.92 Å². The van der Waals surface area contributed by atoms with Crippen molar-refractivity contribution in [3.63, 3.8) is 0 Å². The summed E-state index contributed by atoms with van der Waals surface area (Å²) in [5, 5.41) is 11.9. The molecular formula is C12H21F3N2O2. The molecule has 0 aromatic heterocycles. The average molecular weight is 282 g/mol. The van der Waals surface area contributed by atoms with Gasteiger partial charge in [0.1, 0.15) is 6.04 Å². The van der Waals surface area contributed by atoms with Crippen molar-refractivity contribution in [3.05, 3.63) is 0 Å². The first kappa shape index (κ1) is 16.2. The van der Waals surface area contributed by atoms with Gasteiger partial charge in [-0.3, -0.25) is 4.79 Å². The van der Waals surface area contributed by atoms with E-state index in [0.29, 0.717) is 19.6 Å². The summed E-state index contributed by atoms with van der Waals surface area (Å²) in [4.78, 5) is 12.8. The van der Waals surface area contributed by atoms with E-state index in [2.05, 4.69) is 5.32 Å². The average Bonchev–Trinajstić information content (AvgIpc) is 2.33. The summed E-state index contributed by atoms with van der Waals surface area (Å²) in [6.07, 6.45) is -3.19. The smallest absolute Gasteiger partial charge is 0.391 e. The Balaban J connectivity index is 2.40. The monoisotopic (exact) mass is 282 g/mol. The predicted molar refractivity (Wildman–Crippen MR) is 64.9 cm³/mol. The van der Waals surface area contributed by atoms with Crippen LogP contribution in [0.15, 0.2) is 0 Å². The van der Waals surface area contributed by atoms with E-state index in [1.165, 1.54) is 0 Å². The number of likely N-dealkylation sites (tertiary alicyclic amines) is 1. The van der Waals surface area contributed by atoms with Crippen LogP contribution < -0.4 is 5.32 Å². The minimum atomic E-state index is -4.13. The Bertz CT molecular complexity index is 289. The van der Waals surface area contributed by atoms with Gasteiger partial charge in [-0.05, 0) is 38.9 Å². The molecule has 0 aromatic rings. The van der Waals surface area contributed by atoms with Crippen molar-refractivity contribution in [3.8, 4) is 0 Å². The molecule has 7 heteroatoms. The van der Waals surface area contributed by atoms with E-state index in [-0.39, 0.29) is 19.4 Å². The molecule has 19 heavy (non-hydrogen) atoms. The Kier molecular flexibility index (Phi) is 6.06.